The van der Waals surface area contributed by atoms with E-state index >= 15 is 0 Å². The third kappa shape index (κ3) is 4.06. The first kappa shape index (κ1) is 14.1. The second kappa shape index (κ2) is 6.07. The standard InChI is InChI=1S/C12H19ClN2O2/c1-8(2)4-10(7-16)14-12(17)11-5-9(13)6-15(11)3/h5-6,8,10,16H,4,7H2,1-3H3,(H,14,17). The van der Waals surface area contributed by atoms with Gasteiger partial charge in [0, 0.05) is 13.2 Å². The van der Waals surface area contributed by atoms with Crippen molar-refractivity contribution in [3.63, 3.8) is 0 Å². The zero-order chi connectivity index (χ0) is 13.0. The highest BCUT2D eigenvalue weighted by Gasteiger charge is 2.16. The fraction of sp³-hybridized carbons (Fsp3) is 0.583. The summed E-state index contributed by atoms with van der Waals surface area (Å²) in [6.45, 7) is 4.05. The maximum absolute atomic E-state index is 11.9. The SMILES string of the molecule is CC(C)CC(CO)NC(=O)c1cc(Cl)cn1C. The Kier molecular flexibility index (Phi) is 5.02. The monoisotopic (exact) mass is 258 g/mol. The molecule has 0 aliphatic rings. The number of aromatic nitrogens is 1. The zero-order valence-corrected chi connectivity index (χ0v) is 11.2. The molecule has 0 aromatic carbocycles. The Morgan fingerprint density at radius 2 is 2.24 bits per heavy atom. The van der Waals surface area contributed by atoms with Gasteiger partial charge in [0.1, 0.15) is 5.69 Å². The maximum atomic E-state index is 11.9. The molecule has 0 radical (unpaired) electrons. The van der Waals surface area contributed by atoms with Gasteiger partial charge in [0.15, 0.2) is 0 Å². The van der Waals surface area contributed by atoms with Gasteiger partial charge in [-0.15, -0.1) is 0 Å². The van der Waals surface area contributed by atoms with E-state index in [-0.39, 0.29) is 18.6 Å². The number of aryl methyl sites for hydroxylation is 1. The molecule has 2 N–H and O–H groups in total. The highest BCUT2D eigenvalue weighted by Crippen LogP contribution is 2.13. The van der Waals surface area contributed by atoms with E-state index in [9.17, 15) is 9.90 Å². The number of rotatable bonds is 5. The molecule has 0 aliphatic heterocycles. The molecule has 0 bridgehead atoms. The van der Waals surface area contributed by atoms with Crippen LogP contribution in [-0.2, 0) is 7.05 Å². The molecule has 1 aromatic rings. The number of hydrogen-bond donors (Lipinski definition) is 2. The Morgan fingerprint density at radius 1 is 1.59 bits per heavy atom. The summed E-state index contributed by atoms with van der Waals surface area (Å²) in [7, 11) is 1.76. The van der Waals surface area contributed by atoms with Crippen molar-refractivity contribution in [3.05, 3.63) is 23.0 Å². The summed E-state index contributed by atoms with van der Waals surface area (Å²) in [5.74, 6) is 0.212. The summed E-state index contributed by atoms with van der Waals surface area (Å²) in [4.78, 5) is 11.9. The molecular weight excluding hydrogens is 240 g/mol. The molecule has 0 fully saturated rings. The van der Waals surface area contributed by atoms with Crippen LogP contribution >= 0.6 is 11.6 Å². The summed E-state index contributed by atoms with van der Waals surface area (Å²) in [5, 5.41) is 12.5. The van der Waals surface area contributed by atoms with E-state index in [1.165, 1.54) is 0 Å². The number of halogens is 1. The number of carbonyl (C=O) groups excluding carboxylic acids is 1. The van der Waals surface area contributed by atoms with Crippen LogP contribution in [0.2, 0.25) is 5.02 Å². The summed E-state index contributed by atoms with van der Waals surface area (Å²) in [6.07, 6.45) is 2.42. The lowest BCUT2D eigenvalue weighted by Crippen LogP contribution is -2.39. The molecule has 0 saturated heterocycles. The number of carbonyl (C=O) groups is 1. The number of aliphatic hydroxyl groups is 1. The lowest BCUT2D eigenvalue weighted by Gasteiger charge is -2.18. The fourth-order valence-electron chi connectivity index (χ4n) is 1.76. The molecule has 0 aliphatic carbocycles. The smallest absolute Gasteiger partial charge is 0.268 e. The van der Waals surface area contributed by atoms with Crippen LogP contribution in [0.5, 0.6) is 0 Å². The van der Waals surface area contributed by atoms with Crippen LogP contribution < -0.4 is 5.32 Å². The number of amides is 1. The summed E-state index contributed by atoms with van der Waals surface area (Å²) >= 11 is 5.81. The van der Waals surface area contributed by atoms with Gasteiger partial charge in [0.25, 0.3) is 5.91 Å². The molecule has 1 heterocycles. The highest BCUT2D eigenvalue weighted by atomic mass is 35.5. The maximum Gasteiger partial charge on any atom is 0.268 e. The first-order chi connectivity index (χ1) is 7.93. The minimum absolute atomic E-state index is 0.0535. The van der Waals surface area contributed by atoms with Crippen molar-refractivity contribution in [2.24, 2.45) is 13.0 Å². The van der Waals surface area contributed by atoms with Gasteiger partial charge >= 0.3 is 0 Å². The van der Waals surface area contributed by atoms with Crippen molar-refractivity contribution in [1.29, 1.82) is 0 Å². The third-order valence-corrected chi connectivity index (χ3v) is 2.72. The van der Waals surface area contributed by atoms with Gasteiger partial charge in [-0.3, -0.25) is 4.79 Å². The van der Waals surface area contributed by atoms with Crippen LogP contribution in [0, 0.1) is 5.92 Å². The molecule has 1 atom stereocenters. The second-order valence-corrected chi connectivity index (χ2v) is 5.07. The predicted molar refractivity (Wildman–Crippen MR) is 68.2 cm³/mol. The van der Waals surface area contributed by atoms with Gasteiger partial charge in [-0.25, -0.2) is 0 Å². The van der Waals surface area contributed by atoms with Crippen LogP contribution in [-0.4, -0.2) is 28.2 Å². The Bertz CT molecular complexity index is 388. The second-order valence-electron chi connectivity index (χ2n) is 4.64. The van der Waals surface area contributed by atoms with Gasteiger partial charge in [-0.05, 0) is 18.4 Å². The molecule has 5 heteroatoms. The first-order valence-electron chi connectivity index (χ1n) is 5.67. The van der Waals surface area contributed by atoms with Crippen LogP contribution in [0.3, 0.4) is 0 Å². The largest absolute Gasteiger partial charge is 0.394 e. The molecule has 0 spiro atoms. The number of nitrogens with zero attached hydrogens (tertiary/aromatic N) is 1. The van der Waals surface area contributed by atoms with Gasteiger partial charge in [0.2, 0.25) is 0 Å². The number of aliphatic hydroxyl groups excluding tert-OH is 1. The van der Waals surface area contributed by atoms with Gasteiger partial charge in [0.05, 0.1) is 17.7 Å². The molecule has 1 aromatic heterocycles. The minimum atomic E-state index is -0.212. The number of hydrogen-bond acceptors (Lipinski definition) is 2. The average Bonchev–Trinajstić information content (AvgIpc) is 2.56. The van der Waals surface area contributed by atoms with E-state index in [1.54, 1.807) is 23.9 Å². The Morgan fingerprint density at radius 3 is 2.65 bits per heavy atom. The predicted octanol–water partition coefficient (Wildman–Crippen LogP) is 1.82. The topological polar surface area (TPSA) is 54.3 Å². The summed E-state index contributed by atoms with van der Waals surface area (Å²) in [6, 6.07) is 1.40. The molecule has 96 valence electrons. The molecule has 1 amide bonds. The lowest BCUT2D eigenvalue weighted by molar-refractivity contribution is 0.0900. The number of nitrogens with one attached hydrogen (secondary N) is 1. The molecule has 17 heavy (non-hydrogen) atoms. The minimum Gasteiger partial charge on any atom is -0.394 e. The van der Waals surface area contributed by atoms with Crippen molar-refractivity contribution < 1.29 is 9.90 Å². The van der Waals surface area contributed by atoms with Gasteiger partial charge in [-0.2, -0.15) is 0 Å². The fourth-order valence-corrected chi connectivity index (χ4v) is 2.01. The van der Waals surface area contributed by atoms with Gasteiger partial charge in [-0.1, -0.05) is 25.4 Å². The van der Waals surface area contributed by atoms with E-state index in [0.717, 1.165) is 6.42 Å². The molecule has 1 unspecified atom stereocenters. The van der Waals surface area contributed by atoms with Crippen LogP contribution in [0.25, 0.3) is 0 Å². The first-order valence-corrected chi connectivity index (χ1v) is 6.05. The van der Waals surface area contributed by atoms with Crippen LogP contribution in [0.15, 0.2) is 12.3 Å². The highest BCUT2D eigenvalue weighted by molar-refractivity contribution is 6.31. The van der Waals surface area contributed by atoms with Gasteiger partial charge < -0.3 is 15.0 Å². The quantitative estimate of drug-likeness (QED) is 0.846. The van der Waals surface area contributed by atoms with Crippen molar-refractivity contribution >= 4 is 17.5 Å². The van der Waals surface area contributed by atoms with E-state index < -0.39 is 0 Å². The van der Waals surface area contributed by atoms with Crippen molar-refractivity contribution in [2.75, 3.05) is 6.61 Å². The van der Waals surface area contributed by atoms with E-state index in [1.807, 2.05) is 13.8 Å². The lowest BCUT2D eigenvalue weighted by atomic mass is 10.0. The van der Waals surface area contributed by atoms with E-state index in [4.69, 9.17) is 11.6 Å². The van der Waals surface area contributed by atoms with Crippen molar-refractivity contribution in [2.45, 2.75) is 26.3 Å². The Hall–Kier alpha value is -1.00. The molecular formula is C12H19ClN2O2. The molecule has 4 nitrogen and oxygen atoms in total. The zero-order valence-electron chi connectivity index (χ0n) is 10.4. The molecule has 0 saturated carbocycles. The Balaban J connectivity index is 2.67. The van der Waals surface area contributed by atoms with Crippen molar-refractivity contribution in [1.82, 2.24) is 9.88 Å². The van der Waals surface area contributed by atoms with Crippen LogP contribution in [0.1, 0.15) is 30.8 Å². The molecule has 1 rings (SSSR count). The van der Waals surface area contributed by atoms with Crippen molar-refractivity contribution in [3.8, 4) is 0 Å². The summed E-state index contributed by atoms with van der Waals surface area (Å²) in [5.41, 5.74) is 0.497. The van der Waals surface area contributed by atoms with Crippen LogP contribution in [0.4, 0.5) is 0 Å². The Labute approximate surface area is 107 Å². The normalized spacial score (nSPS) is 12.8. The average molecular weight is 259 g/mol. The van der Waals surface area contributed by atoms with E-state index in [0.29, 0.717) is 16.6 Å². The summed E-state index contributed by atoms with van der Waals surface area (Å²) < 4.78 is 1.67. The van der Waals surface area contributed by atoms with E-state index in [2.05, 4.69) is 5.32 Å². The third-order valence-electron chi connectivity index (χ3n) is 2.52.